The van der Waals surface area contributed by atoms with Crippen LogP contribution in [0, 0.1) is 6.92 Å². The van der Waals surface area contributed by atoms with Crippen molar-refractivity contribution in [1.82, 2.24) is 10.3 Å². The summed E-state index contributed by atoms with van der Waals surface area (Å²) in [4.78, 5) is 4.67. The number of rotatable bonds is 6. The maximum Gasteiger partial charge on any atom is 0.175 e. The molecule has 0 atom stereocenters. The van der Waals surface area contributed by atoms with Gasteiger partial charge in [-0.25, -0.2) is 13.4 Å². The van der Waals surface area contributed by atoms with Gasteiger partial charge in [0.05, 0.1) is 9.90 Å². The van der Waals surface area contributed by atoms with Crippen LogP contribution in [-0.2, 0) is 22.8 Å². The lowest BCUT2D eigenvalue weighted by atomic mass is 10.2. The largest absolute Gasteiger partial charge is 0.312 e. The third kappa shape index (κ3) is 4.51. The molecule has 0 spiro atoms. The Morgan fingerprint density at radius 2 is 2.14 bits per heavy atom. The molecule has 0 aliphatic heterocycles. The van der Waals surface area contributed by atoms with Crippen LogP contribution >= 0.6 is 22.9 Å². The Morgan fingerprint density at radius 1 is 1.38 bits per heavy atom. The SMILES string of the molecule is Cc1csc(CCNCc2c(Cl)cccc2S(C)(=O)=O)n1. The van der Waals surface area contributed by atoms with E-state index in [1.807, 2.05) is 12.3 Å². The van der Waals surface area contributed by atoms with Crippen LogP contribution in [0.1, 0.15) is 16.3 Å². The molecule has 0 fully saturated rings. The molecule has 1 aromatic heterocycles. The van der Waals surface area contributed by atoms with Gasteiger partial charge >= 0.3 is 0 Å². The van der Waals surface area contributed by atoms with Crippen LogP contribution in [0.3, 0.4) is 0 Å². The molecule has 1 N–H and O–H groups in total. The van der Waals surface area contributed by atoms with Gasteiger partial charge in [0.1, 0.15) is 0 Å². The summed E-state index contributed by atoms with van der Waals surface area (Å²) in [5, 5.41) is 6.79. The van der Waals surface area contributed by atoms with Gasteiger partial charge in [-0.15, -0.1) is 11.3 Å². The van der Waals surface area contributed by atoms with Crippen LogP contribution in [0.4, 0.5) is 0 Å². The second kappa shape index (κ2) is 6.87. The Balaban J connectivity index is 2.00. The molecule has 0 saturated carbocycles. The monoisotopic (exact) mass is 344 g/mol. The Hall–Kier alpha value is -0.950. The standard InChI is InChI=1S/C14H17ClN2O2S2/c1-10-9-20-14(17-10)6-7-16-8-11-12(15)4-3-5-13(11)21(2,18)19/h3-5,9,16H,6-8H2,1-2H3. The van der Waals surface area contributed by atoms with E-state index in [-0.39, 0.29) is 4.90 Å². The third-order valence-corrected chi connectivity index (χ3v) is 5.52. The number of aryl methyl sites for hydroxylation is 1. The second-order valence-electron chi connectivity index (χ2n) is 4.80. The predicted octanol–water partition coefficient (Wildman–Crippen LogP) is 2.84. The van der Waals surface area contributed by atoms with E-state index < -0.39 is 9.84 Å². The minimum atomic E-state index is -3.28. The molecule has 1 heterocycles. The first-order chi connectivity index (χ1) is 9.88. The molecular formula is C14H17ClN2O2S2. The van der Waals surface area contributed by atoms with E-state index in [2.05, 4.69) is 10.3 Å². The van der Waals surface area contributed by atoms with Crippen molar-refractivity contribution in [2.24, 2.45) is 0 Å². The van der Waals surface area contributed by atoms with E-state index in [0.29, 0.717) is 17.1 Å². The number of benzene rings is 1. The molecule has 0 unspecified atom stereocenters. The highest BCUT2D eigenvalue weighted by atomic mass is 35.5. The zero-order valence-electron chi connectivity index (χ0n) is 11.9. The molecule has 2 rings (SSSR count). The number of aromatic nitrogens is 1. The van der Waals surface area contributed by atoms with Crippen LogP contribution < -0.4 is 5.32 Å². The normalized spacial score (nSPS) is 11.8. The van der Waals surface area contributed by atoms with E-state index in [4.69, 9.17) is 11.6 Å². The van der Waals surface area contributed by atoms with Crippen molar-refractivity contribution in [2.75, 3.05) is 12.8 Å². The molecule has 7 heteroatoms. The highest BCUT2D eigenvalue weighted by Crippen LogP contribution is 2.23. The van der Waals surface area contributed by atoms with Crippen molar-refractivity contribution in [3.63, 3.8) is 0 Å². The number of halogens is 1. The van der Waals surface area contributed by atoms with Crippen LogP contribution in [0.5, 0.6) is 0 Å². The highest BCUT2D eigenvalue weighted by Gasteiger charge is 2.15. The number of nitrogens with zero attached hydrogens (tertiary/aromatic N) is 1. The Bertz CT molecular complexity index is 726. The second-order valence-corrected chi connectivity index (χ2v) is 8.13. The van der Waals surface area contributed by atoms with Gasteiger partial charge in [0.25, 0.3) is 0 Å². The first-order valence-electron chi connectivity index (χ1n) is 6.47. The maximum atomic E-state index is 11.8. The van der Waals surface area contributed by atoms with Crippen LogP contribution in [-0.4, -0.2) is 26.2 Å². The Morgan fingerprint density at radius 3 is 2.76 bits per heavy atom. The molecule has 0 saturated heterocycles. The average molecular weight is 345 g/mol. The third-order valence-electron chi connectivity index (χ3n) is 2.96. The van der Waals surface area contributed by atoms with Gasteiger partial charge in [-0.2, -0.15) is 0 Å². The molecular weight excluding hydrogens is 328 g/mol. The molecule has 0 aliphatic rings. The van der Waals surface area contributed by atoms with Gasteiger partial charge in [0.15, 0.2) is 9.84 Å². The minimum Gasteiger partial charge on any atom is -0.312 e. The summed E-state index contributed by atoms with van der Waals surface area (Å²) in [5.74, 6) is 0. The first-order valence-corrected chi connectivity index (χ1v) is 9.62. The van der Waals surface area contributed by atoms with Crippen molar-refractivity contribution in [3.05, 3.63) is 44.9 Å². The summed E-state index contributed by atoms with van der Waals surface area (Å²) in [5.41, 5.74) is 1.65. The van der Waals surface area contributed by atoms with Gasteiger partial charge < -0.3 is 5.32 Å². The van der Waals surface area contributed by atoms with Crippen LogP contribution in [0.15, 0.2) is 28.5 Å². The zero-order valence-corrected chi connectivity index (χ0v) is 14.3. The van der Waals surface area contributed by atoms with E-state index in [1.165, 1.54) is 6.26 Å². The number of hydrogen-bond donors (Lipinski definition) is 1. The smallest absolute Gasteiger partial charge is 0.175 e. The van der Waals surface area contributed by atoms with Gasteiger partial charge in [-0.05, 0) is 19.1 Å². The summed E-state index contributed by atoms with van der Waals surface area (Å²) >= 11 is 7.75. The van der Waals surface area contributed by atoms with E-state index >= 15 is 0 Å². The summed E-state index contributed by atoms with van der Waals surface area (Å²) < 4.78 is 23.5. The first kappa shape index (κ1) is 16.4. The van der Waals surface area contributed by atoms with Gasteiger partial charge in [0.2, 0.25) is 0 Å². The fourth-order valence-corrected chi connectivity index (χ4v) is 4.01. The molecule has 4 nitrogen and oxygen atoms in total. The summed E-state index contributed by atoms with van der Waals surface area (Å²) in [6, 6.07) is 4.94. The Kier molecular flexibility index (Phi) is 5.37. The van der Waals surface area contributed by atoms with Crippen molar-refractivity contribution in [1.29, 1.82) is 0 Å². The van der Waals surface area contributed by atoms with Gasteiger partial charge in [-0.1, -0.05) is 17.7 Å². The van der Waals surface area contributed by atoms with E-state index in [1.54, 1.807) is 29.5 Å². The number of thiazole rings is 1. The fraction of sp³-hybridized carbons (Fsp3) is 0.357. The molecule has 0 radical (unpaired) electrons. The fourth-order valence-electron chi connectivity index (χ4n) is 1.98. The highest BCUT2D eigenvalue weighted by molar-refractivity contribution is 7.90. The minimum absolute atomic E-state index is 0.285. The quantitative estimate of drug-likeness (QED) is 0.819. The van der Waals surface area contributed by atoms with E-state index in [9.17, 15) is 8.42 Å². The number of sulfone groups is 1. The van der Waals surface area contributed by atoms with Crippen molar-refractivity contribution >= 4 is 32.8 Å². The summed E-state index contributed by atoms with van der Waals surface area (Å²) in [6.07, 6.45) is 2.01. The zero-order chi connectivity index (χ0) is 15.5. The molecule has 2 aromatic rings. The van der Waals surface area contributed by atoms with Gasteiger partial charge in [0, 0.05) is 47.4 Å². The number of hydrogen-bond acceptors (Lipinski definition) is 5. The molecule has 114 valence electrons. The molecule has 0 bridgehead atoms. The maximum absolute atomic E-state index is 11.8. The molecule has 21 heavy (non-hydrogen) atoms. The van der Waals surface area contributed by atoms with Crippen LogP contribution in [0.25, 0.3) is 0 Å². The Labute approximate surface area is 134 Å². The predicted molar refractivity (Wildman–Crippen MR) is 86.8 cm³/mol. The average Bonchev–Trinajstić information content (AvgIpc) is 2.80. The van der Waals surface area contributed by atoms with Crippen molar-refractivity contribution in [2.45, 2.75) is 24.8 Å². The lowest BCUT2D eigenvalue weighted by Gasteiger charge is -2.11. The van der Waals surface area contributed by atoms with Crippen molar-refractivity contribution < 1.29 is 8.42 Å². The lowest BCUT2D eigenvalue weighted by Crippen LogP contribution is -2.18. The van der Waals surface area contributed by atoms with E-state index in [0.717, 1.165) is 23.7 Å². The topological polar surface area (TPSA) is 59.1 Å². The summed E-state index contributed by atoms with van der Waals surface area (Å²) in [6.45, 7) is 3.11. The molecule has 0 aliphatic carbocycles. The number of nitrogens with one attached hydrogen (secondary N) is 1. The molecule has 1 aromatic carbocycles. The van der Waals surface area contributed by atoms with Crippen LogP contribution in [0.2, 0.25) is 5.02 Å². The molecule has 0 amide bonds. The lowest BCUT2D eigenvalue weighted by molar-refractivity contribution is 0.598. The van der Waals surface area contributed by atoms with Crippen molar-refractivity contribution in [3.8, 4) is 0 Å². The van der Waals surface area contributed by atoms with Gasteiger partial charge in [-0.3, -0.25) is 0 Å². The summed E-state index contributed by atoms with van der Waals surface area (Å²) in [7, 11) is -3.28.